The molecule has 3 heterocycles. The first-order valence-electron chi connectivity index (χ1n) is 8.61. The molecular weight excluding hydrogens is 338 g/mol. The Morgan fingerprint density at radius 3 is 2.78 bits per heavy atom. The summed E-state index contributed by atoms with van der Waals surface area (Å²) in [5.41, 5.74) is 2.91. The number of nitrogens with one attached hydrogen (secondary N) is 2. The highest BCUT2D eigenvalue weighted by molar-refractivity contribution is 5.79. The molecule has 0 bridgehead atoms. The lowest BCUT2D eigenvalue weighted by atomic mass is 10.1. The standard InChI is InChI=1S/C20H21N7/c1-27(2)19-7-6-15(14-25-19)8-11-23-20-24-12-9-18(26-20)16(13-21)17-5-3-4-10-22-17/h3-7,9-10,12,14,22H,8,11H2,1-2H3,(H,23,24,26)/b17-16-. The van der Waals surface area contributed by atoms with Crippen LogP contribution in [0.2, 0.25) is 0 Å². The molecule has 2 N–H and O–H groups in total. The van der Waals surface area contributed by atoms with E-state index in [1.165, 1.54) is 0 Å². The molecule has 0 fully saturated rings. The van der Waals surface area contributed by atoms with Gasteiger partial charge in [0.25, 0.3) is 0 Å². The summed E-state index contributed by atoms with van der Waals surface area (Å²) in [6.07, 6.45) is 11.7. The van der Waals surface area contributed by atoms with Crippen LogP contribution in [0, 0.1) is 11.3 Å². The van der Waals surface area contributed by atoms with E-state index in [9.17, 15) is 5.26 Å². The Bertz CT molecular complexity index is 918. The summed E-state index contributed by atoms with van der Waals surface area (Å²) in [6.45, 7) is 0.672. The van der Waals surface area contributed by atoms with Gasteiger partial charge in [-0.15, -0.1) is 0 Å². The Morgan fingerprint density at radius 2 is 2.11 bits per heavy atom. The van der Waals surface area contributed by atoms with E-state index in [1.807, 2.05) is 49.5 Å². The van der Waals surface area contributed by atoms with Crippen LogP contribution in [0.4, 0.5) is 11.8 Å². The second-order valence-corrected chi connectivity index (χ2v) is 6.12. The number of anilines is 2. The smallest absolute Gasteiger partial charge is 0.223 e. The number of dihydropyridines is 1. The number of nitrogens with zero attached hydrogens (tertiary/aromatic N) is 5. The number of rotatable bonds is 6. The summed E-state index contributed by atoms with van der Waals surface area (Å²) in [4.78, 5) is 15.1. The Balaban J connectivity index is 1.65. The minimum absolute atomic E-state index is 0.476. The molecule has 2 aromatic rings. The molecule has 0 aliphatic carbocycles. The second-order valence-electron chi connectivity index (χ2n) is 6.12. The number of aromatic nitrogens is 3. The Morgan fingerprint density at radius 1 is 1.22 bits per heavy atom. The first kappa shape index (κ1) is 18.1. The van der Waals surface area contributed by atoms with E-state index in [1.54, 1.807) is 18.5 Å². The van der Waals surface area contributed by atoms with Crippen molar-refractivity contribution in [2.45, 2.75) is 6.42 Å². The van der Waals surface area contributed by atoms with Gasteiger partial charge in [0.05, 0.1) is 11.4 Å². The van der Waals surface area contributed by atoms with Crippen molar-refractivity contribution in [1.82, 2.24) is 20.3 Å². The van der Waals surface area contributed by atoms with Crippen molar-refractivity contribution in [1.29, 1.82) is 5.26 Å². The molecule has 0 atom stereocenters. The minimum atomic E-state index is 0.476. The van der Waals surface area contributed by atoms with Gasteiger partial charge in [0.15, 0.2) is 0 Å². The summed E-state index contributed by atoms with van der Waals surface area (Å²) in [5.74, 6) is 1.43. The predicted octanol–water partition coefficient (Wildman–Crippen LogP) is 2.50. The van der Waals surface area contributed by atoms with Gasteiger partial charge in [-0.3, -0.25) is 0 Å². The molecule has 0 saturated carbocycles. The zero-order valence-corrected chi connectivity index (χ0v) is 15.3. The quantitative estimate of drug-likeness (QED) is 0.766. The highest BCUT2D eigenvalue weighted by Crippen LogP contribution is 2.18. The zero-order chi connectivity index (χ0) is 19.1. The lowest BCUT2D eigenvalue weighted by molar-refractivity contribution is 0.964. The first-order chi connectivity index (χ1) is 13.2. The highest BCUT2D eigenvalue weighted by atomic mass is 15.1. The van der Waals surface area contributed by atoms with Crippen molar-refractivity contribution in [3.8, 4) is 6.07 Å². The van der Waals surface area contributed by atoms with Crippen molar-refractivity contribution in [2.24, 2.45) is 0 Å². The maximum Gasteiger partial charge on any atom is 0.223 e. The van der Waals surface area contributed by atoms with Crippen molar-refractivity contribution >= 4 is 17.3 Å². The van der Waals surface area contributed by atoms with Gasteiger partial charge in [-0.25, -0.2) is 15.0 Å². The topological polar surface area (TPSA) is 89.8 Å². The van der Waals surface area contributed by atoms with Crippen LogP contribution < -0.4 is 15.5 Å². The monoisotopic (exact) mass is 359 g/mol. The van der Waals surface area contributed by atoms with E-state index in [2.05, 4.69) is 37.7 Å². The fourth-order valence-corrected chi connectivity index (χ4v) is 2.54. The summed E-state index contributed by atoms with van der Waals surface area (Å²) < 4.78 is 0. The minimum Gasteiger partial charge on any atom is -0.363 e. The van der Waals surface area contributed by atoms with Gasteiger partial charge < -0.3 is 15.5 Å². The molecule has 136 valence electrons. The largest absolute Gasteiger partial charge is 0.363 e. The van der Waals surface area contributed by atoms with E-state index in [0.717, 1.165) is 23.5 Å². The van der Waals surface area contributed by atoms with Crippen molar-refractivity contribution in [3.63, 3.8) is 0 Å². The molecule has 0 radical (unpaired) electrons. The molecule has 7 heteroatoms. The third-order valence-corrected chi connectivity index (χ3v) is 3.97. The maximum atomic E-state index is 9.51. The lowest BCUT2D eigenvalue weighted by Crippen LogP contribution is -2.12. The van der Waals surface area contributed by atoms with E-state index < -0.39 is 0 Å². The van der Waals surface area contributed by atoms with E-state index >= 15 is 0 Å². The van der Waals surface area contributed by atoms with Gasteiger partial charge in [-0.2, -0.15) is 5.26 Å². The molecule has 0 spiro atoms. The van der Waals surface area contributed by atoms with E-state index in [0.29, 0.717) is 23.8 Å². The number of allylic oxidation sites excluding steroid dienone is 4. The summed E-state index contributed by atoms with van der Waals surface area (Å²) in [7, 11) is 3.93. The second kappa shape index (κ2) is 8.63. The van der Waals surface area contributed by atoms with Gasteiger partial charge >= 0.3 is 0 Å². The van der Waals surface area contributed by atoms with Gasteiger partial charge in [-0.1, -0.05) is 12.1 Å². The van der Waals surface area contributed by atoms with Gasteiger partial charge in [0.1, 0.15) is 17.5 Å². The molecule has 0 amide bonds. The lowest BCUT2D eigenvalue weighted by Gasteiger charge is -2.12. The highest BCUT2D eigenvalue weighted by Gasteiger charge is 2.10. The van der Waals surface area contributed by atoms with Crippen molar-refractivity contribution < 1.29 is 0 Å². The van der Waals surface area contributed by atoms with Crippen LogP contribution >= 0.6 is 0 Å². The average Bonchev–Trinajstić information content (AvgIpc) is 2.70. The molecule has 7 nitrogen and oxygen atoms in total. The zero-order valence-electron chi connectivity index (χ0n) is 15.3. The molecule has 0 saturated heterocycles. The number of hydrogen-bond acceptors (Lipinski definition) is 7. The average molecular weight is 359 g/mol. The van der Waals surface area contributed by atoms with E-state index in [4.69, 9.17) is 0 Å². The molecule has 1 aliphatic heterocycles. The van der Waals surface area contributed by atoms with Crippen LogP contribution in [-0.2, 0) is 6.42 Å². The molecule has 1 aliphatic rings. The molecular formula is C20H21N7. The number of nitriles is 1. The molecule has 3 rings (SSSR count). The molecule has 0 unspecified atom stereocenters. The Kier molecular flexibility index (Phi) is 5.80. The fraction of sp³-hybridized carbons (Fsp3) is 0.200. The summed E-state index contributed by atoms with van der Waals surface area (Å²) >= 11 is 0. The molecule has 2 aromatic heterocycles. The van der Waals surface area contributed by atoms with Crippen LogP contribution in [0.5, 0.6) is 0 Å². The third-order valence-electron chi connectivity index (χ3n) is 3.97. The van der Waals surface area contributed by atoms with Gasteiger partial charge in [0, 0.05) is 39.2 Å². The summed E-state index contributed by atoms with van der Waals surface area (Å²) in [5, 5.41) is 15.8. The van der Waals surface area contributed by atoms with Crippen LogP contribution in [0.3, 0.4) is 0 Å². The number of hydrogen-bond donors (Lipinski definition) is 2. The third kappa shape index (κ3) is 4.70. The Hall–Kier alpha value is -3.66. The van der Waals surface area contributed by atoms with Crippen molar-refractivity contribution in [3.05, 3.63) is 72.0 Å². The van der Waals surface area contributed by atoms with Gasteiger partial charge in [-0.05, 0) is 36.3 Å². The number of pyridine rings is 1. The normalized spacial score (nSPS) is 14.3. The van der Waals surface area contributed by atoms with Crippen LogP contribution in [0.1, 0.15) is 11.3 Å². The summed E-state index contributed by atoms with van der Waals surface area (Å²) in [6, 6.07) is 8.00. The SMILES string of the molecule is CN(C)c1ccc(CCNc2nccc(/C(C#N)=C3/C=CC=CN3)n2)cn1. The predicted molar refractivity (Wildman–Crippen MR) is 107 cm³/mol. The van der Waals surface area contributed by atoms with Gasteiger partial charge in [0.2, 0.25) is 5.95 Å². The Labute approximate surface area is 158 Å². The van der Waals surface area contributed by atoms with Crippen molar-refractivity contribution in [2.75, 3.05) is 30.9 Å². The fourth-order valence-electron chi connectivity index (χ4n) is 2.54. The van der Waals surface area contributed by atoms with E-state index in [-0.39, 0.29) is 0 Å². The van der Waals surface area contributed by atoms with Crippen LogP contribution in [0.25, 0.3) is 5.57 Å². The molecule has 27 heavy (non-hydrogen) atoms. The van der Waals surface area contributed by atoms with Crippen LogP contribution in [-0.4, -0.2) is 35.6 Å². The maximum absolute atomic E-state index is 9.51. The first-order valence-corrected chi connectivity index (χ1v) is 8.61. The van der Waals surface area contributed by atoms with Crippen LogP contribution in [0.15, 0.2) is 60.7 Å². The molecule has 0 aromatic carbocycles.